The zero-order chi connectivity index (χ0) is 20.7. The molecular formula is C20H33BN4O2Si. The van der Waals surface area contributed by atoms with Gasteiger partial charge in [-0.2, -0.15) is 0 Å². The molecule has 0 N–H and O–H groups in total. The number of piperazine rings is 1. The van der Waals surface area contributed by atoms with Crippen LogP contribution in [0.3, 0.4) is 0 Å². The van der Waals surface area contributed by atoms with Crippen LogP contribution in [0.15, 0.2) is 6.20 Å². The highest BCUT2D eigenvalue weighted by molar-refractivity contribution is 6.91. The normalized spacial score (nSPS) is 22.4. The third-order valence-corrected chi connectivity index (χ3v) is 7.81. The topological polar surface area (TPSA) is 50.7 Å². The van der Waals surface area contributed by atoms with Crippen LogP contribution in [0.2, 0.25) is 19.6 Å². The lowest BCUT2D eigenvalue weighted by Gasteiger charge is -2.34. The highest BCUT2D eigenvalue weighted by Crippen LogP contribution is 2.36. The summed E-state index contributed by atoms with van der Waals surface area (Å²) in [6.07, 6.45) is 7.36. The Balaban J connectivity index is 1.87. The zero-order valence-electron chi connectivity index (χ0n) is 18.4. The van der Waals surface area contributed by atoms with E-state index in [9.17, 15) is 0 Å². The standard InChI is InChI=1S/C20H33BN4O2Si/c1-9-10-24-11-13-25(14-12-24)18-22-15-16(17(23-18)28(6,7)8)21-26-19(2,3)20(4,5)27-21/h1,15H,10-14H2,2-8H3. The minimum Gasteiger partial charge on any atom is -0.399 e. The maximum atomic E-state index is 6.29. The van der Waals surface area contributed by atoms with Crippen LogP contribution in [0.1, 0.15) is 27.7 Å². The van der Waals surface area contributed by atoms with Crippen molar-refractivity contribution in [3.63, 3.8) is 0 Å². The van der Waals surface area contributed by atoms with E-state index in [2.05, 4.69) is 63.1 Å². The molecule has 1 aromatic rings. The fraction of sp³-hybridized carbons (Fsp3) is 0.700. The molecule has 2 fully saturated rings. The maximum absolute atomic E-state index is 6.29. The molecule has 1 aromatic heterocycles. The van der Waals surface area contributed by atoms with E-state index in [0.29, 0.717) is 6.54 Å². The quantitative estimate of drug-likeness (QED) is 0.557. The molecule has 0 amide bonds. The van der Waals surface area contributed by atoms with E-state index < -0.39 is 15.2 Å². The summed E-state index contributed by atoms with van der Waals surface area (Å²) in [6, 6.07) is 0. The largest absolute Gasteiger partial charge is 0.497 e. The average molecular weight is 400 g/mol. The first-order valence-corrected chi connectivity index (χ1v) is 13.6. The highest BCUT2D eigenvalue weighted by Gasteiger charge is 2.53. The van der Waals surface area contributed by atoms with Crippen LogP contribution in [-0.4, -0.2) is 74.0 Å². The number of rotatable bonds is 4. The minimum atomic E-state index is -1.73. The van der Waals surface area contributed by atoms with Gasteiger partial charge in [0.1, 0.15) is 8.07 Å². The van der Waals surface area contributed by atoms with Crippen LogP contribution < -0.4 is 15.7 Å². The fourth-order valence-corrected chi connectivity index (χ4v) is 5.00. The molecule has 0 unspecified atom stereocenters. The number of nitrogens with zero attached hydrogens (tertiary/aromatic N) is 4. The van der Waals surface area contributed by atoms with Gasteiger partial charge in [0.15, 0.2) is 0 Å². The van der Waals surface area contributed by atoms with E-state index in [1.54, 1.807) is 0 Å². The highest BCUT2D eigenvalue weighted by atomic mass is 28.3. The molecule has 3 heterocycles. The summed E-state index contributed by atoms with van der Waals surface area (Å²) in [4.78, 5) is 14.3. The van der Waals surface area contributed by atoms with E-state index in [-0.39, 0.29) is 11.2 Å². The summed E-state index contributed by atoms with van der Waals surface area (Å²) in [6.45, 7) is 19.6. The molecule has 2 aliphatic heterocycles. The second kappa shape index (κ2) is 7.45. The SMILES string of the molecule is C#CCN1CCN(c2ncc(B3OC(C)(C)C(C)(C)O3)c([Si](C)(C)C)n2)CC1. The molecule has 2 saturated heterocycles. The molecule has 0 radical (unpaired) electrons. The molecule has 0 aromatic carbocycles. The third kappa shape index (κ3) is 4.13. The lowest BCUT2D eigenvalue weighted by Crippen LogP contribution is -2.57. The number of hydrogen-bond donors (Lipinski definition) is 0. The first kappa shape index (κ1) is 21.3. The van der Waals surface area contributed by atoms with Crippen molar-refractivity contribution in [1.29, 1.82) is 0 Å². The molecule has 152 valence electrons. The van der Waals surface area contributed by atoms with Gasteiger partial charge in [-0.3, -0.25) is 4.90 Å². The van der Waals surface area contributed by atoms with Crippen LogP contribution in [0.4, 0.5) is 5.95 Å². The summed E-state index contributed by atoms with van der Waals surface area (Å²) >= 11 is 0. The van der Waals surface area contributed by atoms with Crippen LogP contribution in [0.5, 0.6) is 0 Å². The van der Waals surface area contributed by atoms with Crippen LogP contribution in [0, 0.1) is 12.3 Å². The van der Waals surface area contributed by atoms with Gasteiger partial charge in [-0.05, 0) is 27.7 Å². The Bertz CT molecular complexity index is 748. The second-order valence-corrected chi connectivity index (χ2v) is 14.8. The molecular weight excluding hydrogens is 367 g/mol. The van der Waals surface area contributed by atoms with Crippen LogP contribution >= 0.6 is 0 Å². The summed E-state index contributed by atoms with van der Waals surface area (Å²) in [5.41, 5.74) is 0.230. The van der Waals surface area contributed by atoms with Crippen molar-refractivity contribution in [3.05, 3.63) is 6.20 Å². The lowest BCUT2D eigenvalue weighted by atomic mass is 9.81. The number of hydrogen-bond acceptors (Lipinski definition) is 6. The van der Waals surface area contributed by atoms with Gasteiger partial charge in [-0.15, -0.1) is 6.42 Å². The van der Waals surface area contributed by atoms with Crippen LogP contribution in [-0.2, 0) is 9.31 Å². The van der Waals surface area contributed by atoms with Gasteiger partial charge in [0.05, 0.1) is 17.7 Å². The van der Waals surface area contributed by atoms with Gasteiger partial charge in [0.25, 0.3) is 0 Å². The summed E-state index contributed by atoms with van der Waals surface area (Å²) in [5.74, 6) is 3.53. The monoisotopic (exact) mass is 400 g/mol. The van der Waals surface area contributed by atoms with E-state index in [1.165, 1.54) is 0 Å². The smallest absolute Gasteiger partial charge is 0.399 e. The third-order valence-electron chi connectivity index (χ3n) is 5.99. The van der Waals surface area contributed by atoms with Gasteiger partial charge in [0.2, 0.25) is 5.95 Å². The van der Waals surface area contributed by atoms with Gasteiger partial charge in [0, 0.05) is 43.2 Å². The number of anilines is 1. The maximum Gasteiger partial charge on any atom is 0.497 e. The summed E-state index contributed by atoms with van der Waals surface area (Å²) in [5, 5.41) is 1.11. The van der Waals surface area contributed by atoms with Crippen molar-refractivity contribution in [2.75, 3.05) is 37.6 Å². The van der Waals surface area contributed by atoms with Crippen molar-refractivity contribution in [1.82, 2.24) is 14.9 Å². The van der Waals surface area contributed by atoms with Crippen molar-refractivity contribution in [3.8, 4) is 12.3 Å². The fourth-order valence-electron chi connectivity index (χ4n) is 3.51. The Morgan fingerprint density at radius 2 is 1.68 bits per heavy atom. The molecule has 28 heavy (non-hydrogen) atoms. The van der Waals surface area contributed by atoms with Crippen molar-refractivity contribution >= 4 is 31.9 Å². The van der Waals surface area contributed by atoms with E-state index in [4.69, 9.17) is 25.7 Å². The summed E-state index contributed by atoms with van der Waals surface area (Å²) < 4.78 is 12.6. The van der Waals surface area contributed by atoms with Gasteiger partial charge >= 0.3 is 7.12 Å². The molecule has 0 bridgehead atoms. The molecule has 0 saturated carbocycles. The molecule has 6 nitrogen and oxygen atoms in total. The van der Waals surface area contributed by atoms with E-state index >= 15 is 0 Å². The molecule has 0 atom stereocenters. The number of terminal acetylenes is 1. The van der Waals surface area contributed by atoms with E-state index in [1.807, 2.05) is 6.20 Å². The number of aromatic nitrogens is 2. The minimum absolute atomic E-state index is 0.375. The first-order chi connectivity index (χ1) is 12.9. The average Bonchev–Trinajstić information content (AvgIpc) is 2.82. The molecule has 3 rings (SSSR count). The zero-order valence-corrected chi connectivity index (χ0v) is 19.4. The summed E-state index contributed by atoms with van der Waals surface area (Å²) in [7, 11) is -2.16. The predicted octanol–water partition coefficient (Wildman–Crippen LogP) is 1.08. The van der Waals surface area contributed by atoms with Gasteiger partial charge in [-0.1, -0.05) is 25.6 Å². The van der Waals surface area contributed by atoms with Crippen molar-refractivity contribution < 1.29 is 9.31 Å². The molecule has 0 spiro atoms. The second-order valence-electron chi connectivity index (χ2n) is 9.78. The Morgan fingerprint density at radius 1 is 1.11 bits per heavy atom. The predicted molar refractivity (Wildman–Crippen MR) is 118 cm³/mol. The molecule has 8 heteroatoms. The Morgan fingerprint density at radius 3 is 2.18 bits per heavy atom. The molecule has 2 aliphatic rings. The Kier molecular flexibility index (Phi) is 5.67. The van der Waals surface area contributed by atoms with Crippen LogP contribution in [0.25, 0.3) is 0 Å². The van der Waals surface area contributed by atoms with Gasteiger partial charge < -0.3 is 14.2 Å². The first-order valence-electron chi connectivity index (χ1n) is 10.1. The Labute approximate surface area is 171 Å². The van der Waals surface area contributed by atoms with Gasteiger partial charge in [-0.25, -0.2) is 9.97 Å². The van der Waals surface area contributed by atoms with Crippen molar-refractivity contribution in [2.24, 2.45) is 0 Å². The lowest BCUT2D eigenvalue weighted by molar-refractivity contribution is 0.00578. The van der Waals surface area contributed by atoms with Crippen molar-refractivity contribution in [2.45, 2.75) is 58.5 Å². The van der Waals surface area contributed by atoms with E-state index in [0.717, 1.165) is 42.9 Å². The Hall–Kier alpha value is -1.40. The molecule has 0 aliphatic carbocycles.